The smallest absolute Gasteiger partial charge is 0.223 e. The van der Waals surface area contributed by atoms with Crippen molar-refractivity contribution in [1.29, 1.82) is 0 Å². The van der Waals surface area contributed by atoms with Gasteiger partial charge in [-0.2, -0.15) is 0 Å². The lowest BCUT2D eigenvalue weighted by Gasteiger charge is -2.35. The minimum Gasteiger partial charge on any atom is -0.379 e. The van der Waals surface area contributed by atoms with Crippen LogP contribution < -0.4 is 10.2 Å². The normalized spacial score (nSPS) is 22.3. The Kier molecular flexibility index (Phi) is 4.46. The van der Waals surface area contributed by atoms with Gasteiger partial charge in [-0.15, -0.1) is 0 Å². The maximum absolute atomic E-state index is 12.1. The van der Waals surface area contributed by atoms with E-state index < -0.39 is 0 Å². The molecule has 4 rings (SSSR count). The van der Waals surface area contributed by atoms with E-state index in [1.807, 2.05) is 0 Å². The fraction of sp³-hybridized carbons (Fsp3) is 0.632. The molecule has 1 aromatic rings. The highest BCUT2D eigenvalue weighted by molar-refractivity contribution is 5.80. The Morgan fingerprint density at radius 3 is 2.83 bits per heavy atom. The van der Waals surface area contributed by atoms with Crippen LogP contribution in [0.5, 0.6) is 0 Å². The average molecular weight is 329 g/mol. The summed E-state index contributed by atoms with van der Waals surface area (Å²) in [6, 6.07) is 7.08. The van der Waals surface area contributed by atoms with E-state index in [0.717, 1.165) is 52.1 Å². The number of hydrogen-bond acceptors (Lipinski definition) is 4. The van der Waals surface area contributed by atoms with E-state index in [0.29, 0.717) is 6.54 Å². The van der Waals surface area contributed by atoms with E-state index in [1.165, 1.54) is 16.8 Å². The van der Waals surface area contributed by atoms with Gasteiger partial charge in [-0.25, -0.2) is 0 Å². The number of rotatable bonds is 5. The number of hydrogen-bond donors (Lipinski definition) is 1. The monoisotopic (exact) mass is 329 g/mol. The van der Waals surface area contributed by atoms with Gasteiger partial charge in [0.2, 0.25) is 5.91 Å². The molecule has 0 radical (unpaired) electrons. The fourth-order valence-corrected chi connectivity index (χ4v) is 3.83. The van der Waals surface area contributed by atoms with Crippen LogP contribution in [0.25, 0.3) is 0 Å². The van der Waals surface area contributed by atoms with Gasteiger partial charge in [0.15, 0.2) is 0 Å². The van der Waals surface area contributed by atoms with E-state index in [2.05, 4.69) is 40.4 Å². The topological polar surface area (TPSA) is 44.8 Å². The van der Waals surface area contributed by atoms with E-state index in [9.17, 15) is 4.79 Å². The van der Waals surface area contributed by atoms with Crippen LogP contribution in [-0.2, 0) is 16.0 Å². The van der Waals surface area contributed by atoms with Gasteiger partial charge in [0.25, 0.3) is 0 Å². The second kappa shape index (κ2) is 6.73. The molecule has 1 aliphatic carbocycles. The molecule has 1 aromatic carbocycles. The second-order valence-corrected chi connectivity index (χ2v) is 7.24. The molecule has 3 aliphatic rings. The lowest BCUT2D eigenvalue weighted by atomic mass is 10.0. The molecule has 1 atom stereocenters. The number of benzene rings is 1. The van der Waals surface area contributed by atoms with Gasteiger partial charge in [-0.1, -0.05) is 12.1 Å². The first kappa shape index (κ1) is 15.9. The molecule has 1 unspecified atom stereocenters. The van der Waals surface area contributed by atoms with Gasteiger partial charge >= 0.3 is 0 Å². The van der Waals surface area contributed by atoms with Crippen LogP contribution >= 0.6 is 0 Å². The van der Waals surface area contributed by atoms with Crippen molar-refractivity contribution in [3.8, 4) is 0 Å². The molecule has 5 heteroatoms. The summed E-state index contributed by atoms with van der Waals surface area (Å²) in [6.45, 7) is 5.22. The number of fused-ring (bicyclic) bond motifs is 1. The van der Waals surface area contributed by atoms with Crippen LogP contribution in [0.15, 0.2) is 18.2 Å². The third-order valence-corrected chi connectivity index (χ3v) is 5.52. The molecule has 24 heavy (non-hydrogen) atoms. The third kappa shape index (κ3) is 3.28. The van der Waals surface area contributed by atoms with Gasteiger partial charge in [0.05, 0.1) is 19.3 Å². The molecular formula is C19H27N3O2. The number of morpholine rings is 1. The Bertz CT molecular complexity index is 609. The predicted octanol–water partition coefficient (Wildman–Crippen LogP) is 1.58. The SMILES string of the molecule is CN1CCc2cc(C(CNC(=O)C3CC3)N3CCOCC3)ccc21. The molecule has 2 heterocycles. The van der Waals surface area contributed by atoms with Crippen molar-refractivity contribution in [1.82, 2.24) is 10.2 Å². The molecule has 1 amide bonds. The molecule has 0 spiro atoms. The molecule has 0 aromatic heterocycles. The molecule has 0 bridgehead atoms. The van der Waals surface area contributed by atoms with Crippen LogP contribution in [0.2, 0.25) is 0 Å². The van der Waals surface area contributed by atoms with Crippen molar-refractivity contribution in [2.75, 3.05) is 51.3 Å². The van der Waals surface area contributed by atoms with Gasteiger partial charge in [-0.05, 0) is 36.5 Å². The largest absolute Gasteiger partial charge is 0.379 e. The molecule has 2 fully saturated rings. The van der Waals surface area contributed by atoms with Gasteiger partial charge in [0, 0.05) is 44.8 Å². The van der Waals surface area contributed by atoms with Gasteiger partial charge in [0.1, 0.15) is 0 Å². The van der Waals surface area contributed by atoms with Gasteiger partial charge in [-0.3, -0.25) is 9.69 Å². The second-order valence-electron chi connectivity index (χ2n) is 7.24. The minimum atomic E-state index is 0.231. The molecule has 1 saturated heterocycles. The van der Waals surface area contributed by atoms with Gasteiger partial charge < -0.3 is 15.0 Å². The summed E-state index contributed by atoms with van der Waals surface area (Å²) >= 11 is 0. The summed E-state index contributed by atoms with van der Waals surface area (Å²) in [5, 5.41) is 3.19. The predicted molar refractivity (Wildman–Crippen MR) is 94.3 cm³/mol. The Hall–Kier alpha value is -1.59. The zero-order chi connectivity index (χ0) is 16.5. The summed E-state index contributed by atoms with van der Waals surface area (Å²) in [4.78, 5) is 16.9. The first-order chi connectivity index (χ1) is 11.7. The van der Waals surface area contributed by atoms with Crippen molar-refractivity contribution in [3.63, 3.8) is 0 Å². The maximum atomic E-state index is 12.1. The Balaban J connectivity index is 1.53. The van der Waals surface area contributed by atoms with Crippen LogP contribution in [0.1, 0.15) is 30.0 Å². The summed E-state index contributed by atoms with van der Waals surface area (Å²) in [5.41, 5.74) is 4.10. The maximum Gasteiger partial charge on any atom is 0.223 e. The van der Waals surface area contributed by atoms with E-state index in [-0.39, 0.29) is 17.9 Å². The molecule has 1 saturated carbocycles. The van der Waals surface area contributed by atoms with Crippen molar-refractivity contribution in [3.05, 3.63) is 29.3 Å². The fourth-order valence-electron chi connectivity index (χ4n) is 3.83. The number of anilines is 1. The molecule has 5 nitrogen and oxygen atoms in total. The highest BCUT2D eigenvalue weighted by Gasteiger charge is 2.31. The first-order valence-corrected chi connectivity index (χ1v) is 9.16. The number of nitrogens with zero attached hydrogens (tertiary/aromatic N) is 2. The quantitative estimate of drug-likeness (QED) is 0.891. The lowest BCUT2D eigenvalue weighted by Crippen LogP contribution is -2.44. The van der Waals surface area contributed by atoms with E-state index >= 15 is 0 Å². The highest BCUT2D eigenvalue weighted by atomic mass is 16.5. The summed E-state index contributed by atoms with van der Waals surface area (Å²) in [5.74, 6) is 0.498. The molecule has 2 aliphatic heterocycles. The zero-order valence-corrected chi connectivity index (χ0v) is 14.5. The Morgan fingerprint density at radius 1 is 1.29 bits per heavy atom. The minimum absolute atomic E-state index is 0.231. The Morgan fingerprint density at radius 2 is 2.08 bits per heavy atom. The molecule has 1 N–H and O–H groups in total. The summed E-state index contributed by atoms with van der Waals surface area (Å²) in [7, 11) is 2.15. The van der Waals surface area contributed by atoms with E-state index in [1.54, 1.807) is 0 Å². The number of likely N-dealkylation sites (N-methyl/N-ethyl adjacent to an activating group) is 1. The van der Waals surface area contributed by atoms with Crippen LogP contribution in [0.3, 0.4) is 0 Å². The Labute approximate surface area is 144 Å². The zero-order valence-electron chi connectivity index (χ0n) is 14.5. The first-order valence-electron chi connectivity index (χ1n) is 9.16. The molecular weight excluding hydrogens is 302 g/mol. The number of ether oxygens (including phenoxy) is 1. The van der Waals surface area contributed by atoms with E-state index in [4.69, 9.17) is 4.74 Å². The molecule has 130 valence electrons. The van der Waals surface area contributed by atoms with Crippen LogP contribution in [0.4, 0.5) is 5.69 Å². The number of carbonyl (C=O) groups excluding carboxylic acids is 1. The van der Waals surface area contributed by atoms with Crippen molar-refractivity contribution in [2.45, 2.75) is 25.3 Å². The van der Waals surface area contributed by atoms with Crippen molar-refractivity contribution in [2.24, 2.45) is 5.92 Å². The third-order valence-electron chi connectivity index (χ3n) is 5.52. The van der Waals surface area contributed by atoms with Crippen LogP contribution in [0, 0.1) is 5.92 Å². The standard InChI is InChI=1S/C19H27N3O2/c1-21-7-6-16-12-15(4-5-17(16)21)18(22-8-10-24-11-9-22)13-20-19(23)14-2-3-14/h4-5,12,14,18H,2-3,6-11,13H2,1H3,(H,20,23). The number of nitrogens with one attached hydrogen (secondary N) is 1. The number of amides is 1. The van der Waals surface area contributed by atoms with Crippen molar-refractivity contribution >= 4 is 11.6 Å². The van der Waals surface area contributed by atoms with Crippen molar-refractivity contribution < 1.29 is 9.53 Å². The summed E-state index contributed by atoms with van der Waals surface area (Å²) in [6.07, 6.45) is 3.22. The van der Waals surface area contributed by atoms with Crippen LogP contribution in [-0.4, -0.2) is 57.2 Å². The lowest BCUT2D eigenvalue weighted by molar-refractivity contribution is -0.122. The highest BCUT2D eigenvalue weighted by Crippen LogP contribution is 2.32. The average Bonchev–Trinajstić information content (AvgIpc) is 3.40. The number of carbonyl (C=O) groups is 1. The summed E-state index contributed by atoms with van der Waals surface area (Å²) < 4.78 is 5.51.